The number of rotatable bonds is 7. The molecule has 1 aliphatic rings. The van der Waals surface area contributed by atoms with Crippen LogP contribution in [-0.4, -0.2) is 67.7 Å². The van der Waals surface area contributed by atoms with Crippen LogP contribution in [0, 0.1) is 0 Å². The lowest BCUT2D eigenvalue weighted by atomic mass is 10.0. The Morgan fingerprint density at radius 1 is 1.00 bits per heavy atom. The van der Waals surface area contributed by atoms with Crippen LogP contribution >= 0.6 is 0 Å². The van der Waals surface area contributed by atoms with Gasteiger partial charge in [-0.2, -0.15) is 0 Å². The summed E-state index contributed by atoms with van der Waals surface area (Å²) in [5, 5.41) is 20.1. The molecule has 1 aliphatic heterocycles. The Bertz CT molecular complexity index is 1040. The Morgan fingerprint density at radius 2 is 1.70 bits per heavy atom. The molecule has 4 rings (SSSR count). The molecule has 0 amide bonds. The van der Waals surface area contributed by atoms with E-state index in [0.29, 0.717) is 18.7 Å². The zero-order valence-electron chi connectivity index (χ0n) is 16.5. The first-order valence-electron chi connectivity index (χ1n) is 9.90. The summed E-state index contributed by atoms with van der Waals surface area (Å²) in [6.45, 7) is 3.39. The summed E-state index contributed by atoms with van der Waals surface area (Å²) < 4.78 is 1.61. The number of hydrogen-bond acceptors (Lipinski definition) is 5. The summed E-state index contributed by atoms with van der Waals surface area (Å²) in [7, 11) is 0. The van der Waals surface area contributed by atoms with Crippen molar-refractivity contribution in [2.75, 3.05) is 26.2 Å². The first kappa shape index (κ1) is 20.1. The average Bonchev–Trinajstić information content (AvgIpc) is 3.08. The zero-order valence-corrected chi connectivity index (χ0v) is 16.5. The molecule has 8 nitrogen and oxygen atoms in total. The standard InChI is InChI=1S/C22H24N4O4/c27-20(28)15-26-14-18(17-3-1-2-4-19(17)26)21(22(29)30)25-11-9-24(10-12-25)13-16-5-7-23-8-6-16/h1-8,14,21H,9-13,15H2,(H,27,28)(H,29,30). The Morgan fingerprint density at radius 3 is 2.37 bits per heavy atom. The van der Waals surface area contributed by atoms with Gasteiger partial charge in [0.05, 0.1) is 0 Å². The molecule has 0 radical (unpaired) electrons. The maximum atomic E-state index is 12.3. The van der Waals surface area contributed by atoms with Crippen molar-refractivity contribution in [3.8, 4) is 0 Å². The van der Waals surface area contributed by atoms with E-state index in [0.717, 1.165) is 30.5 Å². The summed E-state index contributed by atoms with van der Waals surface area (Å²) >= 11 is 0. The molecule has 0 spiro atoms. The number of carbonyl (C=O) groups is 2. The number of aromatic nitrogens is 2. The Labute approximate surface area is 174 Å². The molecule has 30 heavy (non-hydrogen) atoms. The van der Waals surface area contributed by atoms with Crippen LogP contribution in [0.15, 0.2) is 55.0 Å². The molecule has 1 atom stereocenters. The number of para-hydroxylation sites is 1. The molecular weight excluding hydrogens is 384 g/mol. The van der Waals surface area contributed by atoms with Gasteiger partial charge in [0.1, 0.15) is 12.6 Å². The van der Waals surface area contributed by atoms with Gasteiger partial charge in [0, 0.05) is 67.8 Å². The minimum atomic E-state index is -0.959. The number of hydrogen-bond donors (Lipinski definition) is 2. The van der Waals surface area contributed by atoms with Gasteiger partial charge in [0.2, 0.25) is 0 Å². The second-order valence-electron chi connectivity index (χ2n) is 7.53. The van der Waals surface area contributed by atoms with Gasteiger partial charge in [0.15, 0.2) is 0 Å². The molecule has 2 N–H and O–H groups in total. The highest BCUT2D eigenvalue weighted by atomic mass is 16.4. The summed E-state index contributed by atoms with van der Waals surface area (Å²) in [5.74, 6) is -1.88. The van der Waals surface area contributed by atoms with E-state index in [4.69, 9.17) is 0 Å². The normalized spacial score (nSPS) is 16.5. The quantitative estimate of drug-likeness (QED) is 0.617. The molecule has 1 saturated heterocycles. The van der Waals surface area contributed by atoms with Gasteiger partial charge in [-0.3, -0.25) is 24.4 Å². The van der Waals surface area contributed by atoms with Gasteiger partial charge >= 0.3 is 11.9 Å². The molecule has 0 bridgehead atoms. The third-order valence-corrected chi connectivity index (χ3v) is 5.58. The number of piperazine rings is 1. The maximum Gasteiger partial charge on any atom is 0.325 e. The van der Waals surface area contributed by atoms with Crippen LogP contribution in [-0.2, 0) is 22.7 Å². The van der Waals surface area contributed by atoms with Crippen LogP contribution < -0.4 is 0 Å². The van der Waals surface area contributed by atoms with Crippen LogP contribution in [0.2, 0.25) is 0 Å². The summed E-state index contributed by atoms with van der Waals surface area (Å²) in [4.78, 5) is 31.8. The number of fused-ring (bicyclic) bond motifs is 1. The molecular formula is C22H24N4O4. The van der Waals surface area contributed by atoms with E-state index < -0.39 is 18.0 Å². The Hall–Kier alpha value is -3.23. The van der Waals surface area contributed by atoms with Gasteiger partial charge in [-0.25, -0.2) is 0 Å². The zero-order chi connectivity index (χ0) is 21.1. The van der Waals surface area contributed by atoms with Crippen molar-refractivity contribution in [2.24, 2.45) is 0 Å². The topological polar surface area (TPSA) is 98.9 Å². The fraction of sp³-hybridized carbons (Fsp3) is 0.318. The lowest BCUT2D eigenvalue weighted by molar-refractivity contribution is -0.144. The van der Waals surface area contributed by atoms with Crippen molar-refractivity contribution in [3.05, 3.63) is 66.1 Å². The van der Waals surface area contributed by atoms with Crippen molar-refractivity contribution >= 4 is 22.8 Å². The van der Waals surface area contributed by atoms with Crippen LogP contribution in [0.5, 0.6) is 0 Å². The van der Waals surface area contributed by atoms with Crippen LogP contribution in [0.1, 0.15) is 17.2 Å². The number of carboxylic acid groups (broad SMARTS) is 2. The van der Waals surface area contributed by atoms with E-state index in [9.17, 15) is 19.8 Å². The number of benzene rings is 1. The molecule has 156 valence electrons. The summed E-state index contributed by atoms with van der Waals surface area (Å²) in [6, 6.07) is 10.5. The maximum absolute atomic E-state index is 12.3. The van der Waals surface area contributed by atoms with Crippen molar-refractivity contribution in [1.29, 1.82) is 0 Å². The second-order valence-corrected chi connectivity index (χ2v) is 7.53. The number of carboxylic acids is 2. The van der Waals surface area contributed by atoms with E-state index >= 15 is 0 Å². The fourth-order valence-corrected chi connectivity index (χ4v) is 4.18. The smallest absolute Gasteiger partial charge is 0.325 e. The van der Waals surface area contributed by atoms with Gasteiger partial charge in [-0.15, -0.1) is 0 Å². The molecule has 1 fully saturated rings. The van der Waals surface area contributed by atoms with Crippen LogP contribution in [0.3, 0.4) is 0 Å². The fourth-order valence-electron chi connectivity index (χ4n) is 4.18. The van der Waals surface area contributed by atoms with E-state index in [1.807, 2.05) is 41.3 Å². The van der Waals surface area contributed by atoms with Crippen molar-refractivity contribution in [3.63, 3.8) is 0 Å². The van der Waals surface area contributed by atoms with Crippen molar-refractivity contribution in [1.82, 2.24) is 19.4 Å². The van der Waals surface area contributed by atoms with E-state index in [1.165, 1.54) is 5.56 Å². The molecule has 1 unspecified atom stereocenters. The molecule has 8 heteroatoms. The molecule has 0 aliphatic carbocycles. The van der Waals surface area contributed by atoms with Gasteiger partial charge < -0.3 is 14.8 Å². The first-order chi connectivity index (χ1) is 14.5. The third kappa shape index (κ3) is 4.19. The van der Waals surface area contributed by atoms with Gasteiger partial charge in [0.25, 0.3) is 0 Å². The predicted octanol–water partition coefficient (Wildman–Crippen LogP) is 2.06. The second kappa shape index (κ2) is 8.64. The molecule has 0 saturated carbocycles. The number of aliphatic carboxylic acids is 2. The van der Waals surface area contributed by atoms with Gasteiger partial charge in [-0.1, -0.05) is 18.2 Å². The SMILES string of the molecule is O=C(O)Cn1cc(C(C(=O)O)N2CCN(Cc3ccncc3)CC2)c2ccccc21. The van der Waals surface area contributed by atoms with Crippen LogP contribution in [0.4, 0.5) is 0 Å². The average molecular weight is 408 g/mol. The van der Waals surface area contributed by atoms with Gasteiger partial charge in [-0.05, 0) is 23.8 Å². The molecule has 3 heterocycles. The number of nitrogens with zero attached hydrogens (tertiary/aromatic N) is 4. The van der Waals surface area contributed by atoms with E-state index in [1.54, 1.807) is 23.2 Å². The lowest BCUT2D eigenvalue weighted by Gasteiger charge is -2.37. The summed E-state index contributed by atoms with van der Waals surface area (Å²) in [5.41, 5.74) is 2.56. The molecule has 1 aromatic carbocycles. The van der Waals surface area contributed by atoms with Crippen molar-refractivity contribution in [2.45, 2.75) is 19.1 Å². The Kier molecular flexibility index (Phi) is 5.78. The number of pyridine rings is 1. The first-order valence-corrected chi connectivity index (χ1v) is 9.90. The van der Waals surface area contributed by atoms with Crippen LogP contribution in [0.25, 0.3) is 10.9 Å². The highest BCUT2D eigenvalue weighted by Crippen LogP contribution is 2.31. The third-order valence-electron chi connectivity index (χ3n) is 5.58. The molecule has 3 aromatic rings. The minimum absolute atomic E-state index is 0.202. The molecule has 2 aromatic heterocycles. The largest absolute Gasteiger partial charge is 0.480 e. The highest BCUT2D eigenvalue weighted by molar-refractivity contribution is 5.90. The lowest BCUT2D eigenvalue weighted by Crippen LogP contribution is -2.48. The monoisotopic (exact) mass is 408 g/mol. The van der Waals surface area contributed by atoms with Crippen molar-refractivity contribution < 1.29 is 19.8 Å². The van der Waals surface area contributed by atoms with E-state index in [2.05, 4.69) is 9.88 Å². The summed E-state index contributed by atoms with van der Waals surface area (Å²) in [6.07, 6.45) is 5.23. The highest BCUT2D eigenvalue weighted by Gasteiger charge is 2.32. The predicted molar refractivity (Wildman–Crippen MR) is 111 cm³/mol. The van der Waals surface area contributed by atoms with E-state index in [-0.39, 0.29) is 6.54 Å². The minimum Gasteiger partial charge on any atom is -0.480 e. The Balaban J connectivity index is 1.55.